The van der Waals surface area contributed by atoms with Crippen molar-refractivity contribution >= 4 is 28.7 Å². The van der Waals surface area contributed by atoms with E-state index in [-0.39, 0.29) is 0 Å². The Morgan fingerprint density at radius 1 is 1.35 bits per heavy atom. The SMILES string of the molecule is CC(C)(C)OC(=O)NC/C=C/CNCc1ccc(I)o1. The summed E-state index contributed by atoms with van der Waals surface area (Å²) in [5, 5.41) is 5.87. The van der Waals surface area contributed by atoms with Gasteiger partial charge in [0.25, 0.3) is 0 Å². The van der Waals surface area contributed by atoms with Crippen molar-refractivity contribution in [3.05, 3.63) is 33.8 Å². The molecule has 0 fully saturated rings. The van der Waals surface area contributed by atoms with E-state index in [2.05, 4.69) is 33.2 Å². The second-order valence-electron chi connectivity index (χ2n) is 5.19. The van der Waals surface area contributed by atoms with Gasteiger partial charge in [-0.3, -0.25) is 0 Å². The predicted molar refractivity (Wildman–Crippen MR) is 86.5 cm³/mol. The smallest absolute Gasteiger partial charge is 0.407 e. The molecule has 0 atom stereocenters. The van der Waals surface area contributed by atoms with E-state index in [1.807, 2.05) is 45.1 Å². The summed E-state index contributed by atoms with van der Waals surface area (Å²) in [6, 6.07) is 3.88. The summed E-state index contributed by atoms with van der Waals surface area (Å²) in [5.41, 5.74) is -0.462. The van der Waals surface area contributed by atoms with E-state index >= 15 is 0 Å². The van der Waals surface area contributed by atoms with Crippen molar-refractivity contribution in [1.82, 2.24) is 10.6 Å². The molecule has 2 N–H and O–H groups in total. The summed E-state index contributed by atoms with van der Waals surface area (Å²) in [7, 11) is 0. The number of furan rings is 1. The summed E-state index contributed by atoms with van der Waals surface area (Å²) >= 11 is 2.13. The number of carbonyl (C=O) groups excluding carboxylic acids is 1. The van der Waals surface area contributed by atoms with Crippen molar-refractivity contribution in [2.45, 2.75) is 32.9 Å². The van der Waals surface area contributed by atoms with Gasteiger partial charge in [0.05, 0.1) is 6.54 Å². The van der Waals surface area contributed by atoms with Crippen LogP contribution in [-0.4, -0.2) is 24.8 Å². The van der Waals surface area contributed by atoms with Crippen LogP contribution >= 0.6 is 22.6 Å². The number of hydrogen-bond donors (Lipinski definition) is 2. The first kappa shape index (κ1) is 17.0. The van der Waals surface area contributed by atoms with Crippen LogP contribution in [0.2, 0.25) is 0 Å². The number of nitrogens with one attached hydrogen (secondary N) is 2. The fraction of sp³-hybridized carbons (Fsp3) is 0.500. The third-order valence-electron chi connectivity index (χ3n) is 2.12. The first-order valence-corrected chi connectivity index (χ1v) is 7.51. The van der Waals surface area contributed by atoms with Crippen molar-refractivity contribution < 1.29 is 13.9 Å². The Morgan fingerprint density at radius 3 is 2.65 bits per heavy atom. The molecule has 112 valence electrons. The Kier molecular flexibility index (Phi) is 7.08. The van der Waals surface area contributed by atoms with E-state index in [0.29, 0.717) is 19.6 Å². The van der Waals surface area contributed by atoms with Crippen LogP contribution in [0.25, 0.3) is 0 Å². The molecule has 1 aromatic heterocycles. The molecule has 0 aromatic carbocycles. The summed E-state index contributed by atoms with van der Waals surface area (Å²) in [6.07, 6.45) is 3.42. The van der Waals surface area contributed by atoms with Gasteiger partial charge in [0.2, 0.25) is 0 Å². The Balaban J connectivity index is 2.06. The molecule has 0 spiro atoms. The van der Waals surface area contributed by atoms with Gasteiger partial charge in [0, 0.05) is 13.1 Å². The minimum Gasteiger partial charge on any atom is -0.454 e. The van der Waals surface area contributed by atoms with Crippen LogP contribution < -0.4 is 10.6 Å². The molecule has 1 amide bonds. The monoisotopic (exact) mass is 392 g/mol. The van der Waals surface area contributed by atoms with Gasteiger partial charge in [0.1, 0.15) is 11.4 Å². The molecule has 0 unspecified atom stereocenters. The van der Waals surface area contributed by atoms with Gasteiger partial charge in [0.15, 0.2) is 3.77 Å². The van der Waals surface area contributed by atoms with Gasteiger partial charge < -0.3 is 19.8 Å². The average molecular weight is 392 g/mol. The van der Waals surface area contributed by atoms with Gasteiger partial charge in [-0.1, -0.05) is 12.2 Å². The number of amides is 1. The van der Waals surface area contributed by atoms with Gasteiger partial charge in [-0.2, -0.15) is 0 Å². The molecule has 0 radical (unpaired) electrons. The highest BCUT2D eigenvalue weighted by Gasteiger charge is 2.14. The van der Waals surface area contributed by atoms with Crippen LogP contribution in [0.3, 0.4) is 0 Å². The third kappa shape index (κ3) is 8.21. The zero-order valence-electron chi connectivity index (χ0n) is 12.0. The van der Waals surface area contributed by atoms with Crippen LogP contribution in [0.5, 0.6) is 0 Å². The Hall–Kier alpha value is -1.02. The molecule has 0 bridgehead atoms. The first-order chi connectivity index (χ1) is 9.37. The molecule has 1 heterocycles. The Labute approximate surface area is 133 Å². The van der Waals surface area contributed by atoms with E-state index in [9.17, 15) is 4.79 Å². The van der Waals surface area contributed by atoms with Crippen molar-refractivity contribution in [2.75, 3.05) is 13.1 Å². The Morgan fingerprint density at radius 2 is 2.05 bits per heavy atom. The number of rotatable bonds is 6. The molecule has 0 aliphatic carbocycles. The number of halogens is 1. The number of alkyl carbamates (subject to hydrolysis) is 1. The van der Waals surface area contributed by atoms with Crippen LogP contribution in [0.1, 0.15) is 26.5 Å². The van der Waals surface area contributed by atoms with E-state index in [1.165, 1.54) is 0 Å². The molecular weight excluding hydrogens is 371 g/mol. The number of hydrogen-bond acceptors (Lipinski definition) is 4. The largest absolute Gasteiger partial charge is 0.454 e. The molecule has 6 heteroatoms. The molecule has 0 aliphatic heterocycles. The lowest BCUT2D eigenvalue weighted by Gasteiger charge is -2.19. The highest BCUT2D eigenvalue weighted by molar-refractivity contribution is 14.1. The summed E-state index contributed by atoms with van der Waals surface area (Å²) in [5.74, 6) is 0.912. The molecule has 5 nitrogen and oxygen atoms in total. The van der Waals surface area contributed by atoms with Crippen LogP contribution in [0.15, 0.2) is 28.7 Å². The Bertz CT molecular complexity index is 450. The highest BCUT2D eigenvalue weighted by atomic mass is 127. The maximum Gasteiger partial charge on any atom is 0.407 e. The molecule has 0 aliphatic rings. The predicted octanol–water partition coefficient (Wildman–Crippen LogP) is 3.05. The first-order valence-electron chi connectivity index (χ1n) is 6.43. The lowest BCUT2D eigenvalue weighted by Crippen LogP contribution is -2.32. The molecular formula is C14H21IN2O3. The number of ether oxygens (including phenoxy) is 1. The van der Waals surface area contributed by atoms with Crippen LogP contribution in [0.4, 0.5) is 4.79 Å². The summed E-state index contributed by atoms with van der Waals surface area (Å²) in [6.45, 7) is 7.36. The summed E-state index contributed by atoms with van der Waals surface area (Å²) < 4.78 is 11.4. The zero-order chi connectivity index (χ0) is 15.0. The minimum absolute atomic E-state index is 0.403. The number of carbonyl (C=O) groups is 1. The van der Waals surface area contributed by atoms with E-state index in [1.54, 1.807) is 0 Å². The maximum absolute atomic E-state index is 11.3. The lowest BCUT2D eigenvalue weighted by molar-refractivity contribution is 0.0534. The average Bonchev–Trinajstić information content (AvgIpc) is 2.71. The quantitative estimate of drug-likeness (QED) is 0.444. The van der Waals surface area contributed by atoms with E-state index < -0.39 is 11.7 Å². The second-order valence-corrected chi connectivity index (χ2v) is 6.25. The topological polar surface area (TPSA) is 63.5 Å². The van der Waals surface area contributed by atoms with Gasteiger partial charge in [-0.25, -0.2) is 4.79 Å². The maximum atomic E-state index is 11.3. The molecule has 1 aromatic rings. The minimum atomic E-state index is -0.462. The standard InChI is InChI=1S/C14H21IN2O3/c1-14(2,3)20-13(18)17-9-5-4-8-16-10-11-6-7-12(15)19-11/h4-7,16H,8-10H2,1-3H3,(H,17,18)/b5-4+. The van der Waals surface area contributed by atoms with Crippen LogP contribution in [0, 0.1) is 3.77 Å². The van der Waals surface area contributed by atoms with E-state index in [0.717, 1.165) is 9.53 Å². The van der Waals surface area contributed by atoms with Crippen molar-refractivity contribution in [3.8, 4) is 0 Å². The second kappa shape index (κ2) is 8.31. The molecule has 20 heavy (non-hydrogen) atoms. The normalized spacial score (nSPS) is 11.8. The zero-order valence-corrected chi connectivity index (χ0v) is 14.2. The fourth-order valence-corrected chi connectivity index (χ4v) is 1.81. The fourth-order valence-electron chi connectivity index (χ4n) is 1.35. The van der Waals surface area contributed by atoms with Crippen molar-refractivity contribution in [1.29, 1.82) is 0 Å². The highest BCUT2D eigenvalue weighted by Crippen LogP contribution is 2.09. The van der Waals surface area contributed by atoms with Crippen LogP contribution in [-0.2, 0) is 11.3 Å². The molecule has 0 saturated carbocycles. The third-order valence-corrected chi connectivity index (χ3v) is 2.70. The van der Waals surface area contributed by atoms with Gasteiger partial charge >= 0.3 is 6.09 Å². The van der Waals surface area contributed by atoms with E-state index in [4.69, 9.17) is 9.15 Å². The lowest BCUT2D eigenvalue weighted by atomic mass is 10.2. The van der Waals surface area contributed by atoms with Gasteiger partial charge in [-0.15, -0.1) is 0 Å². The summed E-state index contributed by atoms with van der Waals surface area (Å²) in [4.78, 5) is 11.3. The van der Waals surface area contributed by atoms with Crippen molar-refractivity contribution in [2.24, 2.45) is 0 Å². The van der Waals surface area contributed by atoms with Gasteiger partial charge in [-0.05, 0) is 55.5 Å². The molecule has 0 saturated heterocycles. The molecule has 1 rings (SSSR count). The van der Waals surface area contributed by atoms with Crippen molar-refractivity contribution in [3.63, 3.8) is 0 Å².